The Labute approximate surface area is 192 Å². The van der Waals surface area contributed by atoms with Crippen LogP contribution in [0.15, 0.2) is 48.5 Å². The molecule has 1 amide bonds. The Morgan fingerprint density at radius 1 is 1.15 bits per heavy atom. The average molecular weight is 444 g/mol. The van der Waals surface area contributed by atoms with Gasteiger partial charge >= 0.3 is 0 Å². The lowest BCUT2D eigenvalue weighted by atomic mass is 10.1. The summed E-state index contributed by atoms with van der Waals surface area (Å²) in [5.74, 6) is -0.0660. The summed E-state index contributed by atoms with van der Waals surface area (Å²) in [5, 5.41) is 17.0. The minimum absolute atomic E-state index is 0.154. The average Bonchev–Trinajstić information content (AvgIpc) is 3.62. The maximum atomic E-state index is 15.2. The van der Waals surface area contributed by atoms with Crippen LogP contribution in [0.3, 0.4) is 0 Å². The predicted octanol–water partition coefficient (Wildman–Crippen LogP) is 4.25. The van der Waals surface area contributed by atoms with E-state index in [-0.39, 0.29) is 23.5 Å². The summed E-state index contributed by atoms with van der Waals surface area (Å²) in [5.41, 5.74) is 3.51. The van der Waals surface area contributed by atoms with Gasteiger partial charge in [0.15, 0.2) is 5.69 Å². The second-order valence-corrected chi connectivity index (χ2v) is 8.88. The number of carbonyl (C=O) groups is 1. The molecule has 1 aromatic heterocycles. The van der Waals surface area contributed by atoms with Crippen LogP contribution in [0.1, 0.15) is 53.2 Å². The molecule has 0 bridgehead atoms. The van der Waals surface area contributed by atoms with E-state index in [2.05, 4.69) is 16.5 Å². The molecular formula is C26H26FN5O. The number of benzene rings is 2. The number of carbonyl (C=O) groups excluding carboxylic acids is 1. The van der Waals surface area contributed by atoms with Gasteiger partial charge in [0.25, 0.3) is 5.91 Å². The Morgan fingerprint density at radius 2 is 1.94 bits per heavy atom. The zero-order valence-electron chi connectivity index (χ0n) is 18.6. The fraction of sp³-hybridized carbons (Fsp3) is 0.346. The van der Waals surface area contributed by atoms with Crippen molar-refractivity contribution in [2.75, 3.05) is 20.1 Å². The smallest absolute Gasteiger partial charge is 0.274 e. The number of piperidine rings is 1. The molecule has 1 aliphatic carbocycles. The molecule has 7 heteroatoms. The van der Waals surface area contributed by atoms with Crippen molar-refractivity contribution < 1.29 is 9.18 Å². The number of likely N-dealkylation sites (tertiary alicyclic amines) is 1. The minimum atomic E-state index is -0.357. The SMILES string of the molecule is CN[C@@H]1CCCN(C(=O)c2cc(-c3ccc(C#N)cc3)n(-c3ccc(C4CC4)cc3F)n2)C1. The highest BCUT2D eigenvalue weighted by atomic mass is 19.1. The van der Waals surface area contributed by atoms with Gasteiger partial charge in [0.05, 0.1) is 17.3 Å². The molecule has 1 aliphatic heterocycles. The third-order valence-electron chi connectivity index (χ3n) is 6.60. The fourth-order valence-corrected chi connectivity index (χ4v) is 4.52. The lowest BCUT2D eigenvalue weighted by molar-refractivity contribution is 0.0691. The maximum Gasteiger partial charge on any atom is 0.274 e. The van der Waals surface area contributed by atoms with Gasteiger partial charge in [0.1, 0.15) is 11.5 Å². The van der Waals surface area contributed by atoms with Crippen molar-refractivity contribution in [3.05, 3.63) is 71.2 Å². The van der Waals surface area contributed by atoms with Crippen LogP contribution >= 0.6 is 0 Å². The molecular weight excluding hydrogens is 417 g/mol. The van der Waals surface area contributed by atoms with E-state index in [0.29, 0.717) is 36.0 Å². The van der Waals surface area contributed by atoms with Gasteiger partial charge in [-0.2, -0.15) is 10.4 Å². The lowest BCUT2D eigenvalue weighted by Crippen LogP contribution is -2.47. The van der Waals surface area contributed by atoms with E-state index in [1.165, 1.54) is 4.68 Å². The van der Waals surface area contributed by atoms with Crippen LogP contribution in [0.5, 0.6) is 0 Å². The molecule has 0 spiro atoms. The summed E-state index contributed by atoms with van der Waals surface area (Å²) in [6.07, 6.45) is 4.15. The van der Waals surface area contributed by atoms with Crippen molar-refractivity contribution >= 4 is 5.91 Å². The maximum absolute atomic E-state index is 15.2. The van der Waals surface area contributed by atoms with Crippen LogP contribution in [-0.2, 0) is 0 Å². The molecule has 1 saturated heterocycles. The topological polar surface area (TPSA) is 74.0 Å². The lowest BCUT2D eigenvalue weighted by Gasteiger charge is -2.32. The molecule has 1 atom stereocenters. The molecule has 2 heterocycles. The van der Waals surface area contributed by atoms with E-state index in [0.717, 1.165) is 36.8 Å². The number of aromatic nitrogens is 2. The van der Waals surface area contributed by atoms with Crippen molar-refractivity contribution in [1.29, 1.82) is 5.26 Å². The summed E-state index contributed by atoms with van der Waals surface area (Å²) >= 11 is 0. The number of hydrogen-bond donors (Lipinski definition) is 1. The largest absolute Gasteiger partial charge is 0.336 e. The Balaban J connectivity index is 1.55. The van der Waals surface area contributed by atoms with Crippen molar-refractivity contribution in [3.8, 4) is 23.0 Å². The molecule has 3 aromatic rings. The molecule has 2 fully saturated rings. The van der Waals surface area contributed by atoms with E-state index >= 15 is 4.39 Å². The quantitative estimate of drug-likeness (QED) is 0.640. The standard InChI is InChI=1S/C26H26FN5O/c1-29-21-3-2-12-31(16-21)26(33)23-14-25(19-6-4-17(15-28)5-7-19)32(30-23)24-11-10-20(13-22(24)27)18-8-9-18/h4-7,10-11,13-14,18,21,29H,2-3,8-9,12,16H2,1H3/t21-/m1/s1. The minimum Gasteiger partial charge on any atom is -0.336 e. The van der Waals surface area contributed by atoms with Gasteiger partial charge in [0.2, 0.25) is 0 Å². The first kappa shape index (κ1) is 21.4. The highest BCUT2D eigenvalue weighted by Gasteiger charge is 2.28. The Bertz CT molecular complexity index is 1220. The van der Waals surface area contributed by atoms with Gasteiger partial charge in [-0.05, 0) is 74.5 Å². The zero-order chi connectivity index (χ0) is 22.9. The monoisotopic (exact) mass is 443 g/mol. The Morgan fingerprint density at radius 3 is 2.61 bits per heavy atom. The molecule has 1 N–H and O–H groups in total. The molecule has 168 valence electrons. The van der Waals surface area contributed by atoms with Crippen LogP contribution in [0.25, 0.3) is 16.9 Å². The first-order valence-corrected chi connectivity index (χ1v) is 11.4. The van der Waals surface area contributed by atoms with Gasteiger partial charge in [-0.15, -0.1) is 0 Å². The van der Waals surface area contributed by atoms with Crippen LogP contribution in [0, 0.1) is 17.1 Å². The van der Waals surface area contributed by atoms with Crippen molar-refractivity contribution in [2.45, 2.75) is 37.6 Å². The van der Waals surface area contributed by atoms with Gasteiger partial charge in [-0.25, -0.2) is 9.07 Å². The fourth-order valence-electron chi connectivity index (χ4n) is 4.52. The summed E-state index contributed by atoms with van der Waals surface area (Å²) in [4.78, 5) is 15.1. The summed E-state index contributed by atoms with van der Waals surface area (Å²) < 4.78 is 16.7. The number of likely N-dealkylation sites (N-methyl/N-ethyl adjacent to an activating group) is 1. The van der Waals surface area contributed by atoms with E-state index in [1.54, 1.807) is 42.5 Å². The second-order valence-electron chi connectivity index (χ2n) is 8.88. The Kier molecular flexibility index (Phi) is 5.69. The van der Waals surface area contributed by atoms with Gasteiger partial charge in [-0.1, -0.05) is 18.2 Å². The molecule has 1 saturated carbocycles. The van der Waals surface area contributed by atoms with Gasteiger partial charge in [0, 0.05) is 24.7 Å². The first-order valence-electron chi connectivity index (χ1n) is 11.4. The number of halogens is 1. The highest BCUT2D eigenvalue weighted by Crippen LogP contribution is 2.41. The van der Waals surface area contributed by atoms with E-state index in [1.807, 2.05) is 18.0 Å². The first-order chi connectivity index (χ1) is 16.1. The van der Waals surface area contributed by atoms with E-state index in [9.17, 15) is 4.79 Å². The van der Waals surface area contributed by atoms with Crippen molar-refractivity contribution in [3.63, 3.8) is 0 Å². The zero-order valence-corrected chi connectivity index (χ0v) is 18.6. The molecule has 5 rings (SSSR count). The summed E-state index contributed by atoms with van der Waals surface area (Å²) in [7, 11) is 1.91. The molecule has 2 aliphatic rings. The third kappa shape index (κ3) is 4.27. The third-order valence-corrected chi connectivity index (χ3v) is 6.60. The highest BCUT2D eigenvalue weighted by molar-refractivity contribution is 5.93. The van der Waals surface area contributed by atoms with Crippen LogP contribution < -0.4 is 5.32 Å². The second kappa shape index (κ2) is 8.80. The molecule has 0 radical (unpaired) electrons. The Hall–Kier alpha value is -3.50. The summed E-state index contributed by atoms with van der Waals surface area (Å²) in [6.45, 7) is 1.30. The van der Waals surface area contributed by atoms with Gasteiger partial charge in [-0.3, -0.25) is 4.79 Å². The number of amides is 1. The van der Waals surface area contributed by atoms with Gasteiger partial charge < -0.3 is 10.2 Å². The molecule has 0 unspecified atom stereocenters. The van der Waals surface area contributed by atoms with Crippen LogP contribution in [-0.4, -0.2) is 46.8 Å². The van der Waals surface area contributed by atoms with Crippen molar-refractivity contribution in [2.24, 2.45) is 0 Å². The number of nitrogens with one attached hydrogen (secondary N) is 1. The van der Waals surface area contributed by atoms with E-state index < -0.39 is 0 Å². The molecule has 2 aromatic carbocycles. The number of rotatable bonds is 5. The normalized spacial score (nSPS) is 18.2. The molecule has 6 nitrogen and oxygen atoms in total. The number of nitrogens with zero attached hydrogens (tertiary/aromatic N) is 4. The summed E-state index contributed by atoms with van der Waals surface area (Å²) in [6, 6.07) is 16.4. The van der Waals surface area contributed by atoms with Crippen LogP contribution in [0.2, 0.25) is 0 Å². The number of hydrogen-bond acceptors (Lipinski definition) is 4. The number of nitriles is 1. The van der Waals surface area contributed by atoms with Crippen molar-refractivity contribution in [1.82, 2.24) is 20.0 Å². The molecule has 33 heavy (non-hydrogen) atoms. The van der Waals surface area contributed by atoms with E-state index in [4.69, 9.17) is 5.26 Å². The predicted molar refractivity (Wildman–Crippen MR) is 124 cm³/mol. The van der Waals surface area contributed by atoms with Crippen LogP contribution in [0.4, 0.5) is 4.39 Å².